The molecular formula is C19H29N2O3+. The molecule has 2 rings (SSSR count). The van der Waals surface area contributed by atoms with E-state index < -0.39 is 0 Å². The van der Waals surface area contributed by atoms with Gasteiger partial charge >= 0.3 is 5.97 Å². The fraction of sp³-hybridized carbons (Fsp3) is 0.579. The van der Waals surface area contributed by atoms with E-state index in [9.17, 15) is 9.59 Å². The van der Waals surface area contributed by atoms with E-state index in [0.717, 1.165) is 37.9 Å². The number of quaternary nitrogens is 1. The van der Waals surface area contributed by atoms with Gasteiger partial charge in [0.25, 0.3) is 5.91 Å². The third kappa shape index (κ3) is 5.06. The largest absolute Gasteiger partial charge is 0.469 e. The van der Waals surface area contributed by atoms with Crippen molar-refractivity contribution in [3.8, 4) is 0 Å². The molecule has 0 saturated carbocycles. The first-order chi connectivity index (χ1) is 11.5. The molecule has 0 radical (unpaired) electrons. The van der Waals surface area contributed by atoms with Crippen LogP contribution in [0.2, 0.25) is 0 Å². The molecule has 1 fully saturated rings. The second-order valence-electron chi connectivity index (χ2n) is 6.66. The summed E-state index contributed by atoms with van der Waals surface area (Å²) in [4.78, 5) is 25.2. The second kappa shape index (κ2) is 8.83. The highest BCUT2D eigenvalue weighted by Gasteiger charge is 2.29. The number of carbonyl (C=O) groups is 2. The third-order valence-electron chi connectivity index (χ3n) is 4.86. The van der Waals surface area contributed by atoms with Gasteiger partial charge in [0, 0.05) is 12.8 Å². The number of hydrogen-bond donors (Lipinski definition) is 2. The maximum Gasteiger partial charge on any atom is 0.309 e. The van der Waals surface area contributed by atoms with Crippen molar-refractivity contribution in [1.29, 1.82) is 0 Å². The number of ether oxygens (including phenoxy) is 1. The summed E-state index contributed by atoms with van der Waals surface area (Å²) in [5.41, 5.74) is 2.37. The molecule has 1 aliphatic heterocycles. The number of methoxy groups -OCH3 is 1. The minimum absolute atomic E-state index is 0.00207. The molecule has 0 spiro atoms. The van der Waals surface area contributed by atoms with Crippen LogP contribution >= 0.6 is 0 Å². The summed E-state index contributed by atoms with van der Waals surface area (Å²) in [5, 5.41) is 3.14. The Morgan fingerprint density at radius 2 is 1.88 bits per heavy atom. The second-order valence-corrected chi connectivity index (χ2v) is 6.66. The molecule has 1 saturated heterocycles. The molecule has 1 amide bonds. The molecule has 132 valence electrons. The molecule has 1 aromatic rings. The van der Waals surface area contributed by atoms with Crippen LogP contribution in [0.3, 0.4) is 0 Å². The molecule has 0 bridgehead atoms. The van der Waals surface area contributed by atoms with Crippen molar-refractivity contribution in [3.63, 3.8) is 0 Å². The minimum atomic E-state index is -0.121. The lowest BCUT2D eigenvalue weighted by Gasteiger charge is -2.28. The predicted molar refractivity (Wildman–Crippen MR) is 92.7 cm³/mol. The topological polar surface area (TPSA) is 59.8 Å². The molecule has 5 nitrogen and oxygen atoms in total. The molecular weight excluding hydrogens is 304 g/mol. The quantitative estimate of drug-likeness (QED) is 0.765. The molecule has 2 N–H and O–H groups in total. The van der Waals surface area contributed by atoms with E-state index in [2.05, 4.69) is 43.4 Å². The summed E-state index contributed by atoms with van der Waals surface area (Å²) in [6.07, 6.45) is 2.46. The van der Waals surface area contributed by atoms with Gasteiger partial charge in [-0.25, -0.2) is 0 Å². The average molecular weight is 333 g/mol. The van der Waals surface area contributed by atoms with Gasteiger partial charge < -0.3 is 15.0 Å². The Hall–Kier alpha value is -1.88. The monoisotopic (exact) mass is 333 g/mol. The molecule has 1 aromatic carbocycles. The molecule has 1 atom stereocenters. The number of benzene rings is 1. The van der Waals surface area contributed by atoms with E-state index >= 15 is 0 Å². The number of esters is 1. The first kappa shape index (κ1) is 18.5. The molecule has 0 aromatic heterocycles. The smallest absolute Gasteiger partial charge is 0.309 e. The van der Waals surface area contributed by atoms with E-state index in [1.807, 2.05) is 0 Å². The number of amides is 1. The number of nitrogens with one attached hydrogen (secondary N) is 2. The first-order valence-electron chi connectivity index (χ1n) is 8.80. The number of piperidine rings is 1. The minimum Gasteiger partial charge on any atom is -0.469 e. The Morgan fingerprint density at radius 1 is 1.25 bits per heavy atom. The zero-order chi connectivity index (χ0) is 17.5. The van der Waals surface area contributed by atoms with Crippen molar-refractivity contribution in [1.82, 2.24) is 5.32 Å². The van der Waals surface area contributed by atoms with Crippen LogP contribution < -0.4 is 10.2 Å². The maximum absolute atomic E-state index is 12.4. The average Bonchev–Trinajstić information content (AvgIpc) is 2.60. The zero-order valence-electron chi connectivity index (χ0n) is 14.9. The van der Waals surface area contributed by atoms with Gasteiger partial charge in [-0.15, -0.1) is 0 Å². The van der Waals surface area contributed by atoms with E-state index in [-0.39, 0.29) is 23.8 Å². The lowest BCUT2D eigenvalue weighted by Crippen LogP contribution is -3.14. The normalized spacial score (nSPS) is 21.8. The van der Waals surface area contributed by atoms with Crippen molar-refractivity contribution in [2.75, 3.05) is 26.7 Å². The third-order valence-corrected chi connectivity index (χ3v) is 4.86. The molecule has 1 heterocycles. The lowest BCUT2D eigenvalue weighted by molar-refractivity contribution is -0.897. The standard InChI is InChI=1S/C19H28N2O3/c1-4-17(15-7-5-14(2)6-8-15)20-18(22)13-21-11-9-16(10-12-21)19(23)24-3/h5-8,16-17H,4,9-13H2,1-3H3,(H,20,22)/p+1/t17-/m1/s1. The molecule has 1 aliphatic rings. The highest BCUT2D eigenvalue weighted by Crippen LogP contribution is 2.17. The van der Waals surface area contributed by atoms with Gasteiger partial charge in [0.2, 0.25) is 0 Å². The van der Waals surface area contributed by atoms with Crippen LogP contribution in [0, 0.1) is 12.8 Å². The van der Waals surface area contributed by atoms with Crippen LogP contribution in [0.15, 0.2) is 24.3 Å². The number of aryl methyl sites for hydroxylation is 1. The number of carbonyl (C=O) groups excluding carboxylic acids is 2. The summed E-state index contributed by atoms with van der Waals surface area (Å²) in [6, 6.07) is 8.38. The fourth-order valence-corrected chi connectivity index (χ4v) is 3.30. The van der Waals surface area contributed by atoms with Gasteiger partial charge in [0.05, 0.1) is 32.2 Å². The van der Waals surface area contributed by atoms with Crippen LogP contribution in [0.1, 0.15) is 43.4 Å². The molecule has 5 heteroatoms. The Labute approximate surface area is 144 Å². The highest BCUT2D eigenvalue weighted by molar-refractivity contribution is 5.77. The summed E-state index contributed by atoms with van der Waals surface area (Å²) in [5.74, 6) is -0.0457. The summed E-state index contributed by atoms with van der Waals surface area (Å²) < 4.78 is 4.80. The summed E-state index contributed by atoms with van der Waals surface area (Å²) >= 11 is 0. The van der Waals surface area contributed by atoms with Gasteiger partial charge in [-0.2, -0.15) is 0 Å². The van der Waals surface area contributed by atoms with Crippen LogP contribution in [0.5, 0.6) is 0 Å². The van der Waals surface area contributed by atoms with Gasteiger partial charge in [0.15, 0.2) is 6.54 Å². The number of likely N-dealkylation sites (tertiary alicyclic amines) is 1. The Morgan fingerprint density at radius 3 is 2.42 bits per heavy atom. The van der Waals surface area contributed by atoms with Crippen LogP contribution in [-0.2, 0) is 14.3 Å². The van der Waals surface area contributed by atoms with Crippen molar-refractivity contribution in [2.24, 2.45) is 5.92 Å². The van der Waals surface area contributed by atoms with Gasteiger partial charge in [-0.1, -0.05) is 36.8 Å². The Balaban J connectivity index is 1.82. The zero-order valence-corrected chi connectivity index (χ0v) is 14.9. The summed E-state index contributed by atoms with van der Waals surface area (Å²) in [6.45, 7) is 6.30. The van der Waals surface area contributed by atoms with E-state index in [0.29, 0.717) is 6.54 Å². The Kier molecular flexibility index (Phi) is 6.79. The predicted octanol–water partition coefficient (Wildman–Crippen LogP) is 1.03. The summed E-state index contributed by atoms with van der Waals surface area (Å²) in [7, 11) is 1.44. The van der Waals surface area contributed by atoms with Gasteiger partial charge in [0.1, 0.15) is 0 Å². The SMILES string of the molecule is CC[C@@H](NC(=O)C[NH+]1CCC(C(=O)OC)CC1)c1ccc(C)cc1. The van der Waals surface area contributed by atoms with Gasteiger partial charge in [-0.3, -0.25) is 9.59 Å². The first-order valence-corrected chi connectivity index (χ1v) is 8.80. The highest BCUT2D eigenvalue weighted by atomic mass is 16.5. The fourth-order valence-electron chi connectivity index (χ4n) is 3.30. The van der Waals surface area contributed by atoms with Gasteiger partial charge in [-0.05, 0) is 18.9 Å². The maximum atomic E-state index is 12.4. The van der Waals surface area contributed by atoms with Crippen molar-refractivity contribution in [2.45, 2.75) is 39.2 Å². The molecule has 0 unspecified atom stereocenters. The number of rotatable bonds is 6. The van der Waals surface area contributed by atoms with Crippen LogP contribution in [-0.4, -0.2) is 38.6 Å². The molecule has 0 aliphatic carbocycles. The van der Waals surface area contributed by atoms with Crippen molar-refractivity contribution in [3.05, 3.63) is 35.4 Å². The molecule has 24 heavy (non-hydrogen) atoms. The van der Waals surface area contributed by atoms with E-state index in [1.165, 1.54) is 17.6 Å². The lowest BCUT2D eigenvalue weighted by atomic mass is 9.97. The number of hydrogen-bond acceptors (Lipinski definition) is 3. The van der Waals surface area contributed by atoms with Crippen molar-refractivity contribution < 1.29 is 19.2 Å². The van der Waals surface area contributed by atoms with Crippen LogP contribution in [0.4, 0.5) is 0 Å². The van der Waals surface area contributed by atoms with Crippen LogP contribution in [0.25, 0.3) is 0 Å². The Bertz CT molecular complexity index is 548. The van der Waals surface area contributed by atoms with E-state index in [4.69, 9.17) is 4.74 Å². The van der Waals surface area contributed by atoms with Crippen molar-refractivity contribution >= 4 is 11.9 Å². The van der Waals surface area contributed by atoms with E-state index in [1.54, 1.807) is 0 Å².